The van der Waals surface area contributed by atoms with Crippen molar-refractivity contribution in [2.24, 2.45) is 5.16 Å². The van der Waals surface area contributed by atoms with Crippen molar-refractivity contribution in [1.82, 2.24) is 0 Å². The quantitative estimate of drug-likeness (QED) is 0.535. The van der Waals surface area contributed by atoms with Crippen molar-refractivity contribution in [2.45, 2.75) is 12.8 Å². The fraction of sp³-hybridized carbons (Fsp3) is 0.222. The molecular formula is C9H8BrNO. The van der Waals surface area contributed by atoms with Crippen LogP contribution in [0.15, 0.2) is 27.8 Å². The van der Waals surface area contributed by atoms with E-state index in [1.165, 1.54) is 5.56 Å². The molecule has 2 nitrogen and oxygen atoms in total. The van der Waals surface area contributed by atoms with Crippen LogP contribution in [0.25, 0.3) is 0 Å². The molecule has 0 heterocycles. The van der Waals surface area contributed by atoms with Gasteiger partial charge in [0, 0.05) is 10.0 Å². The molecule has 0 aliphatic heterocycles. The number of aryl methyl sites for hydroxylation is 1. The van der Waals surface area contributed by atoms with Crippen LogP contribution < -0.4 is 0 Å². The largest absolute Gasteiger partial charge is 0.411 e. The Hall–Kier alpha value is -0.830. The molecule has 0 spiro atoms. The minimum atomic E-state index is 0.798. The molecule has 0 atom stereocenters. The smallest absolute Gasteiger partial charge is 0.0874 e. The molecule has 2 rings (SSSR count). The summed E-state index contributed by atoms with van der Waals surface area (Å²) in [5, 5.41) is 11.9. The highest BCUT2D eigenvalue weighted by Crippen LogP contribution is 2.25. The van der Waals surface area contributed by atoms with E-state index in [0.717, 1.165) is 28.6 Å². The lowest BCUT2D eigenvalue weighted by atomic mass is 10.1. The summed E-state index contributed by atoms with van der Waals surface area (Å²) in [4.78, 5) is 0. The second-order valence-corrected chi connectivity index (χ2v) is 3.76. The van der Waals surface area contributed by atoms with E-state index >= 15 is 0 Å². The molecule has 0 saturated heterocycles. The fourth-order valence-corrected chi connectivity index (χ4v) is 1.89. The first kappa shape index (κ1) is 7.80. The van der Waals surface area contributed by atoms with Gasteiger partial charge in [0.1, 0.15) is 0 Å². The Kier molecular flexibility index (Phi) is 1.89. The van der Waals surface area contributed by atoms with Crippen LogP contribution in [0.2, 0.25) is 0 Å². The first-order chi connectivity index (χ1) is 5.81. The van der Waals surface area contributed by atoms with Gasteiger partial charge in [0.05, 0.1) is 5.71 Å². The van der Waals surface area contributed by atoms with Crippen LogP contribution in [0.5, 0.6) is 0 Å². The van der Waals surface area contributed by atoms with Gasteiger partial charge in [0.25, 0.3) is 0 Å². The lowest BCUT2D eigenvalue weighted by Crippen LogP contribution is -1.93. The molecule has 0 saturated carbocycles. The Morgan fingerprint density at radius 1 is 1.33 bits per heavy atom. The first-order valence-electron chi connectivity index (χ1n) is 3.81. The lowest BCUT2D eigenvalue weighted by Gasteiger charge is -1.98. The highest BCUT2D eigenvalue weighted by Gasteiger charge is 2.17. The lowest BCUT2D eigenvalue weighted by molar-refractivity contribution is 0.318. The van der Waals surface area contributed by atoms with E-state index in [1.54, 1.807) is 0 Å². The van der Waals surface area contributed by atoms with Crippen LogP contribution in [-0.2, 0) is 6.42 Å². The zero-order valence-electron chi connectivity index (χ0n) is 6.42. The van der Waals surface area contributed by atoms with Crippen molar-refractivity contribution in [2.75, 3.05) is 0 Å². The second kappa shape index (κ2) is 2.90. The molecule has 62 valence electrons. The average Bonchev–Trinajstić information content (AvgIpc) is 2.46. The summed E-state index contributed by atoms with van der Waals surface area (Å²) in [5.41, 5.74) is 3.14. The first-order valence-corrected chi connectivity index (χ1v) is 4.60. The molecule has 1 N–H and O–H groups in total. The van der Waals surface area contributed by atoms with E-state index in [0.29, 0.717) is 0 Å². The van der Waals surface area contributed by atoms with Crippen LogP contribution in [0.1, 0.15) is 17.5 Å². The van der Waals surface area contributed by atoms with E-state index in [-0.39, 0.29) is 0 Å². The van der Waals surface area contributed by atoms with E-state index in [1.807, 2.05) is 12.1 Å². The van der Waals surface area contributed by atoms with Gasteiger partial charge >= 0.3 is 0 Å². The Bertz CT molecular complexity index is 346. The molecule has 0 bridgehead atoms. The second-order valence-electron chi connectivity index (χ2n) is 2.85. The number of oxime groups is 1. The summed E-state index contributed by atoms with van der Waals surface area (Å²) in [5.74, 6) is 0. The average molecular weight is 226 g/mol. The summed E-state index contributed by atoms with van der Waals surface area (Å²) >= 11 is 3.38. The zero-order valence-corrected chi connectivity index (χ0v) is 8.00. The SMILES string of the molecule is ON=C1CCc2ccc(Br)cc21. The zero-order chi connectivity index (χ0) is 8.55. The van der Waals surface area contributed by atoms with Gasteiger partial charge in [0.15, 0.2) is 0 Å². The molecule has 1 aromatic carbocycles. The highest BCUT2D eigenvalue weighted by atomic mass is 79.9. The maximum atomic E-state index is 8.68. The van der Waals surface area contributed by atoms with Crippen molar-refractivity contribution in [1.29, 1.82) is 0 Å². The van der Waals surface area contributed by atoms with Gasteiger partial charge < -0.3 is 5.21 Å². The molecule has 0 radical (unpaired) electrons. The fourth-order valence-electron chi connectivity index (χ4n) is 1.53. The van der Waals surface area contributed by atoms with E-state index in [2.05, 4.69) is 27.2 Å². The van der Waals surface area contributed by atoms with Gasteiger partial charge in [-0.15, -0.1) is 0 Å². The minimum Gasteiger partial charge on any atom is -0.411 e. The van der Waals surface area contributed by atoms with Crippen molar-refractivity contribution < 1.29 is 5.21 Å². The summed E-state index contributed by atoms with van der Waals surface area (Å²) in [6, 6.07) is 6.08. The van der Waals surface area contributed by atoms with Crippen LogP contribution in [-0.4, -0.2) is 10.9 Å². The summed E-state index contributed by atoms with van der Waals surface area (Å²) in [7, 11) is 0. The van der Waals surface area contributed by atoms with Crippen LogP contribution in [0.4, 0.5) is 0 Å². The van der Waals surface area contributed by atoms with Gasteiger partial charge in [0.2, 0.25) is 0 Å². The predicted molar refractivity (Wildman–Crippen MR) is 50.8 cm³/mol. The normalized spacial score (nSPS) is 18.2. The standard InChI is InChI=1S/C9H8BrNO/c10-7-3-1-6-2-4-9(11-12)8(6)5-7/h1,3,5,12H,2,4H2. The third-order valence-electron chi connectivity index (χ3n) is 2.13. The molecular weight excluding hydrogens is 218 g/mol. The van der Waals surface area contributed by atoms with E-state index < -0.39 is 0 Å². The summed E-state index contributed by atoms with van der Waals surface area (Å²) in [6.45, 7) is 0. The number of rotatable bonds is 0. The Morgan fingerprint density at radius 2 is 2.17 bits per heavy atom. The maximum absolute atomic E-state index is 8.68. The molecule has 1 aromatic rings. The molecule has 0 fully saturated rings. The third kappa shape index (κ3) is 1.14. The molecule has 1 aliphatic rings. The number of halogens is 1. The Morgan fingerprint density at radius 3 is 2.92 bits per heavy atom. The Labute approximate surface area is 79.0 Å². The summed E-state index contributed by atoms with van der Waals surface area (Å²) in [6.07, 6.45) is 1.84. The topological polar surface area (TPSA) is 32.6 Å². The van der Waals surface area contributed by atoms with Gasteiger partial charge in [-0.2, -0.15) is 0 Å². The third-order valence-corrected chi connectivity index (χ3v) is 2.63. The van der Waals surface area contributed by atoms with Crippen molar-refractivity contribution in [3.63, 3.8) is 0 Å². The van der Waals surface area contributed by atoms with Crippen molar-refractivity contribution in [3.05, 3.63) is 33.8 Å². The molecule has 12 heavy (non-hydrogen) atoms. The number of hydrogen-bond acceptors (Lipinski definition) is 2. The van der Waals surface area contributed by atoms with E-state index in [9.17, 15) is 0 Å². The molecule has 3 heteroatoms. The number of nitrogens with zero attached hydrogens (tertiary/aromatic N) is 1. The monoisotopic (exact) mass is 225 g/mol. The molecule has 0 aromatic heterocycles. The molecule has 0 unspecified atom stereocenters. The van der Waals surface area contributed by atoms with Crippen molar-refractivity contribution in [3.8, 4) is 0 Å². The predicted octanol–water partition coefficient (Wildman–Crippen LogP) is 2.57. The van der Waals surface area contributed by atoms with E-state index in [4.69, 9.17) is 5.21 Å². The molecule has 0 amide bonds. The van der Waals surface area contributed by atoms with Gasteiger partial charge in [-0.25, -0.2) is 0 Å². The number of benzene rings is 1. The molecule has 1 aliphatic carbocycles. The number of fused-ring (bicyclic) bond motifs is 1. The van der Waals surface area contributed by atoms with Crippen LogP contribution >= 0.6 is 15.9 Å². The van der Waals surface area contributed by atoms with Gasteiger partial charge in [-0.3, -0.25) is 0 Å². The highest BCUT2D eigenvalue weighted by molar-refractivity contribution is 9.10. The van der Waals surface area contributed by atoms with Crippen LogP contribution in [0.3, 0.4) is 0 Å². The number of hydrogen-bond donors (Lipinski definition) is 1. The summed E-state index contributed by atoms with van der Waals surface area (Å²) < 4.78 is 1.03. The van der Waals surface area contributed by atoms with Gasteiger partial charge in [-0.05, 0) is 30.5 Å². The van der Waals surface area contributed by atoms with Gasteiger partial charge in [-0.1, -0.05) is 27.2 Å². The Balaban J connectivity index is 2.57. The maximum Gasteiger partial charge on any atom is 0.0874 e. The van der Waals surface area contributed by atoms with Crippen molar-refractivity contribution >= 4 is 21.6 Å². The van der Waals surface area contributed by atoms with Crippen LogP contribution in [0, 0.1) is 0 Å². The minimum absolute atomic E-state index is 0.798.